The zero-order chi connectivity index (χ0) is 11.9. The summed E-state index contributed by atoms with van der Waals surface area (Å²) in [7, 11) is 2.18. The average molecular weight is 214 g/mol. The lowest BCUT2D eigenvalue weighted by Crippen LogP contribution is -2.49. The molecule has 0 aliphatic carbocycles. The molecule has 0 aromatic heterocycles. The molecular weight excluding hydrogens is 190 g/mol. The molecule has 0 aliphatic heterocycles. The van der Waals surface area contributed by atoms with E-state index in [2.05, 4.69) is 27.5 Å². The molecule has 0 saturated heterocycles. The van der Waals surface area contributed by atoms with E-state index in [0.717, 1.165) is 30.5 Å². The first-order valence-corrected chi connectivity index (χ1v) is 5.67. The molecule has 1 unspecified atom stereocenters. The standard InChI is InChI=1S/C12H24NO2/c1-6-11(15-12(14)7-2)10-13(5,8-3)9-4/h7,11H,2,6,8-10H2,1,3-5H3/q+1. The third-order valence-corrected chi connectivity index (χ3v) is 3.08. The number of rotatable bonds is 7. The lowest BCUT2D eigenvalue weighted by molar-refractivity contribution is -0.908. The van der Waals surface area contributed by atoms with Crippen molar-refractivity contribution < 1.29 is 14.0 Å². The Bertz CT molecular complexity index is 210. The van der Waals surface area contributed by atoms with Crippen molar-refractivity contribution in [2.24, 2.45) is 0 Å². The quantitative estimate of drug-likeness (QED) is 0.368. The Morgan fingerprint density at radius 1 is 1.40 bits per heavy atom. The van der Waals surface area contributed by atoms with Crippen LogP contribution >= 0.6 is 0 Å². The number of hydrogen-bond acceptors (Lipinski definition) is 2. The number of esters is 1. The molecular formula is C12H24NO2+. The van der Waals surface area contributed by atoms with Crippen LogP contribution in [0.25, 0.3) is 0 Å². The van der Waals surface area contributed by atoms with E-state index >= 15 is 0 Å². The minimum atomic E-state index is -0.319. The smallest absolute Gasteiger partial charge is 0.330 e. The van der Waals surface area contributed by atoms with Gasteiger partial charge in [-0.1, -0.05) is 13.5 Å². The monoisotopic (exact) mass is 214 g/mol. The fourth-order valence-electron chi connectivity index (χ4n) is 1.44. The molecule has 0 spiro atoms. The molecule has 0 aliphatic rings. The lowest BCUT2D eigenvalue weighted by Gasteiger charge is -2.34. The molecule has 0 bridgehead atoms. The molecule has 1 atom stereocenters. The van der Waals surface area contributed by atoms with Crippen LogP contribution in [-0.4, -0.2) is 43.2 Å². The summed E-state index contributed by atoms with van der Waals surface area (Å²) >= 11 is 0. The van der Waals surface area contributed by atoms with Crippen LogP contribution < -0.4 is 0 Å². The van der Waals surface area contributed by atoms with Crippen LogP contribution in [0.15, 0.2) is 12.7 Å². The van der Waals surface area contributed by atoms with E-state index in [1.165, 1.54) is 6.08 Å². The lowest BCUT2D eigenvalue weighted by atomic mass is 10.2. The van der Waals surface area contributed by atoms with Crippen molar-refractivity contribution in [1.82, 2.24) is 0 Å². The third kappa shape index (κ3) is 4.98. The zero-order valence-electron chi connectivity index (χ0n) is 10.5. The van der Waals surface area contributed by atoms with Crippen molar-refractivity contribution in [2.75, 3.05) is 26.7 Å². The van der Waals surface area contributed by atoms with Gasteiger partial charge in [0, 0.05) is 6.08 Å². The second-order valence-electron chi connectivity index (χ2n) is 4.11. The van der Waals surface area contributed by atoms with Gasteiger partial charge >= 0.3 is 5.97 Å². The van der Waals surface area contributed by atoms with Gasteiger partial charge in [0.05, 0.1) is 20.1 Å². The molecule has 0 rings (SSSR count). The van der Waals surface area contributed by atoms with Crippen LogP contribution in [0.5, 0.6) is 0 Å². The fourth-order valence-corrected chi connectivity index (χ4v) is 1.44. The Balaban J connectivity index is 4.30. The van der Waals surface area contributed by atoms with Crippen LogP contribution in [0.3, 0.4) is 0 Å². The summed E-state index contributed by atoms with van der Waals surface area (Å²) < 4.78 is 6.21. The molecule has 0 heterocycles. The molecule has 0 aromatic carbocycles. The highest BCUT2D eigenvalue weighted by Gasteiger charge is 2.24. The SMILES string of the molecule is C=CC(=O)OC(CC)C[N+](C)(CC)CC. The number of carbonyl (C=O) groups is 1. The maximum absolute atomic E-state index is 11.1. The number of ether oxygens (including phenoxy) is 1. The summed E-state index contributed by atoms with van der Waals surface area (Å²) in [5.74, 6) is -0.319. The van der Waals surface area contributed by atoms with Gasteiger partial charge in [-0.3, -0.25) is 0 Å². The van der Waals surface area contributed by atoms with Crippen LogP contribution in [0.4, 0.5) is 0 Å². The van der Waals surface area contributed by atoms with E-state index in [9.17, 15) is 4.79 Å². The molecule has 0 N–H and O–H groups in total. The number of carbonyl (C=O) groups excluding carboxylic acids is 1. The van der Waals surface area contributed by atoms with Gasteiger partial charge in [0.25, 0.3) is 0 Å². The maximum Gasteiger partial charge on any atom is 0.330 e. The number of nitrogens with zero attached hydrogens (tertiary/aromatic N) is 1. The van der Waals surface area contributed by atoms with Gasteiger partial charge in [-0.2, -0.15) is 0 Å². The van der Waals surface area contributed by atoms with Crippen LogP contribution in [0, 0.1) is 0 Å². The van der Waals surface area contributed by atoms with E-state index in [4.69, 9.17) is 4.74 Å². The van der Waals surface area contributed by atoms with Crippen molar-refractivity contribution in [3.8, 4) is 0 Å². The zero-order valence-corrected chi connectivity index (χ0v) is 10.5. The summed E-state index contributed by atoms with van der Waals surface area (Å²) in [6, 6.07) is 0. The van der Waals surface area contributed by atoms with E-state index in [1.54, 1.807) is 0 Å². The number of hydrogen-bond donors (Lipinski definition) is 0. The molecule has 3 nitrogen and oxygen atoms in total. The van der Waals surface area contributed by atoms with E-state index in [0.29, 0.717) is 0 Å². The highest BCUT2D eigenvalue weighted by atomic mass is 16.5. The van der Waals surface area contributed by atoms with Gasteiger partial charge < -0.3 is 9.22 Å². The highest BCUT2D eigenvalue weighted by molar-refractivity contribution is 5.81. The molecule has 0 radical (unpaired) electrons. The summed E-state index contributed by atoms with van der Waals surface area (Å²) in [4.78, 5) is 11.1. The van der Waals surface area contributed by atoms with E-state index in [-0.39, 0.29) is 12.1 Å². The Kier molecular flexibility index (Phi) is 6.25. The largest absolute Gasteiger partial charge is 0.453 e. The van der Waals surface area contributed by atoms with Crippen molar-refractivity contribution in [2.45, 2.75) is 33.3 Å². The Morgan fingerprint density at radius 2 is 1.93 bits per heavy atom. The van der Waals surface area contributed by atoms with Crippen LogP contribution in [0.2, 0.25) is 0 Å². The summed E-state index contributed by atoms with van der Waals surface area (Å²) in [6.45, 7) is 12.7. The minimum Gasteiger partial charge on any atom is -0.453 e. The van der Waals surface area contributed by atoms with Gasteiger partial charge in [-0.05, 0) is 20.3 Å². The second-order valence-corrected chi connectivity index (χ2v) is 4.11. The first-order chi connectivity index (χ1) is 7.01. The molecule has 0 amide bonds. The first-order valence-electron chi connectivity index (χ1n) is 5.67. The summed E-state index contributed by atoms with van der Waals surface area (Å²) in [6.07, 6.45) is 2.08. The topological polar surface area (TPSA) is 26.3 Å². The predicted molar refractivity (Wildman–Crippen MR) is 62.5 cm³/mol. The Labute approximate surface area is 93.3 Å². The van der Waals surface area contributed by atoms with Crippen molar-refractivity contribution in [3.05, 3.63) is 12.7 Å². The van der Waals surface area contributed by atoms with E-state index < -0.39 is 0 Å². The van der Waals surface area contributed by atoms with Crippen molar-refractivity contribution in [3.63, 3.8) is 0 Å². The first kappa shape index (κ1) is 14.2. The van der Waals surface area contributed by atoms with Gasteiger partial charge in [-0.25, -0.2) is 4.79 Å². The normalized spacial score (nSPS) is 13.3. The Morgan fingerprint density at radius 3 is 2.27 bits per heavy atom. The van der Waals surface area contributed by atoms with E-state index in [1.807, 2.05) is 6.92 Å². The molecule has 88 valence electrons. The molecule has 0 aromatic rings. The van der Waals surface area contributed by atoms with Crippen molar-refractivity contribution >= 4 is 5.97 Å². The molecule has 15 heavy (non-hydrogen) atoms. The number of likely N-dealkylation sites (N-methyl/N-ethyl adjacent to an activating group) is 1. The fraction of sp³-hybridized carbons (Fsp3) is 0.750. The van der Waals surface area contributed by atoms with Gasteiger partial charge in [0.15, 0.2) is 6.10 Å². The molecule has 0 saturated carbocycles. The highest BCUT2D eigenvalue weighted by Crippen LogP contribution is 2.09. The third-order valence-electron chi connectivity index (χ3n) is 3.08. The van der Waals surface area contributed by atoms with Crippen molar-refractivity contribution in [1.29, 1.82) is 0 Å². The average Bonchev–Trinajstić information content (AvgIpc) is 2.27. The second kappa shape index (κ2) is 6.62. The minimum absolute atomic E-state index is 0.000370. The van der Waals surface area contributed by atoms with Gasteiger partial charge in [-0.15, -0.1) is 0 Å². The van der Waals surface area contributed by atoms with Gasteiger partial charge in [0.1, 0.15) is 6.54 Å². The Hall–Kier alpha value is -0.830. The molecule has 0 fully saturated rings. The van der Waals surface area contributed by atoms with Gasteiger partial charge in [0.2, 0.25) is 0 Å². The van der Waals surface area contributed by atoms with Crippen LogP contribution in [0.1, 0.15) is 27.2 Å². The summed E-state index contributed by atoms with van der Waals surface area (Å²) in [5, 5.41) is 0. The maximum atomic E-state index is 11.1. The van der Waals surface area contributed by atoms with Crippen LogP contribution in [-0.2, 0) is 9.53 Å². The molecule has 3 heteroatoms. The summed E-state index contributed by atoms with van der Waals surface area (Å²) in [5.41, 5.74) is 0. The predicted octanol–water partition coefficient (Wildman–Crippen LogP) is 1.98. The number of quaternary nitrogens is 1.